The summed E-state index contributed by atoms with van der Waals surface area (Å²) in [6.45, 7) is 0.200. The summed E-state index contributed by atoms with van der Waals surface area (Å²) in [6.07, 6.45) is -0.0591. The van der Waals surface area contributed by atoms with Crippen LogP contribution in [0.5, 0.6) is 5.75 Å². The normalized spacial score (nSPS) is 10.4. The summed E-state index contributed by atoms with van der Waals surface area (Å²) in [7, 11) is 0. The van der Waals surface area contributed by atoms with Crippen LogP contribution in [0.3, 0.4) is 0 Å². The van der Waals surface area contributed by atoms with Gasteiger partial charge >= 0.3 is 5.97 Å². The fourth-order valence-corrected chi connectivity index (χ4v) is 2.18. The van der Waals surface area contributed by atoms with E-state index in [1.807, 2.05) is 12.1 Å². The fourth-order valence-electron chi connectivity index (χ4n) is 1.86. The molecule has 110 valence electrons. The Labute approximate surface area is 132 Å². The van der Waals surface area contributed by atoms with Crippen molar-refractivity contribution in [3.05, 3.63) is 57.6 Å². The maximum atomic E-state index is 10.8. The minimum atomic E-state index is -0.892. The molecule has 0 aliphatic rings. The van der Waals surface area contributed by atoms with Crippen LogP contribution in [0.15, 0.2) is 36.4 Å². The summed E-state index contributed by atoms with van der Waals surface area (Å²) in [5.41, 5.74) is 7.67. The number of nitrogen functional groups attached to an aromatic ring is 1. The van der Waals surface area contributed by atoms with E-state index >= 15 is 0 Å². The number of carbonyl (C=O) groups is 1. The Morgan fingerprint density at radius 1 is 1.14 bits per heavy atom. The molecule has 2 aromatic carbocycles. The largest absolute Gasteiger partial charge is 0.487 e. The first-order chi connectivity index (χ1) is 9.97. The molecule has 2 rings (SSSR count). The molecule has 2 aromatic rings. The summed E-state index contributed by atoms with van der Waals surface area (Å²) in [5.74, 6) is -0.481. The zero-order chi connectivity index (χ0) is 15.4. The van der Waals surface area contributed by atoms with E-state index in [4.69, 9.17) is 38.8 Å². The van der Waals surface area contributed by atoms with Gasteiger partial charge in [-0.05, 0) is 17.2 Å². The Morgan fingerprint density at radius 2 is 1.76 bits per heavy atom. The van der Waals surface area contributed by atoms with Crippen LogP contribution in [-0.4, -0.2) is 11.1 Å². The summed E-state index contributed by atoms with van der Waals surface area (Å²) in [6, 6.07) is 10.2. The highest BCUT2D eigenvalue weighted by Crippen LogP contribution is 2.32. The molecule has 0 aliphatic heterocycles. The maximum Gasteiger partial charge on any atom is 0.307 e. The number of carboxylic acids is 1. The molecule has 0 spiro atoms. The predicted molar refractivity (Wildman–Crippen MR) is 83.0 cm³/mol. The molecule has 0 aliphatic carbocycles. The van der Waals surface area contributed by atoms with Crippen molar-refractivity contribution in [1.29, 1.82) is 0 Å². The third kappa shape index (κ3) is 4.03. The molecular weight excluding hydrogens is 313 g/mol. The molecule has 4 nitrogen and oxygen atoms in total. The second-order valence-electron chi connectivity index (χ2n) is 4.43. The van der Waals surface area contributed by atoms with Gasteiger partial charge in [0.1, 0.15) is 12.4 Å². The lowest BCUT2D eigenvalue weighted by Crippen LogP contribution is -2.06. The molecule has 0 saturated heterocycles. The highest BCUT2D eigenvalue weighted by atomic mass is 35.5. The summed E-state index contributed by atoms with van der Waals surface area (Å²) < 4.78 is 5.62. The van der Waals surface area contributed by atoms with Gasteiger partial charge < -0.3 is 15.6 Å². The molecule has 0 amide bonds. The Bertz CT molecular complexity index is 674. The Kier molecular flexibility index (Phi) is 4.94. The number of benzene rings is 2. The van der Waals surface area contributed by atoms with Gasteiger partial charge in [0.15, 0.2) is 0 Å². The van der Waals surface area contributed by atoms with Crippen molar-refractivity contribution in [2.24, 2.45) is 0 Å². The van der Waals surface area contributed by atoms with Crippen molar-refractivity contribution in [3.8, 4) is 5.75 Å². The van der Waals surface area contributed by atoms with Gasteiger partial charge in [0.05, 0.1) is 22.2 Å². The SMILES string of the molecule is Nc1cc(Cl)c(Cl)cc1OCc1ccccc1CC(=O)O. The van der Waals surface area contributed by atoms with Gasteiger partial charge in [-0.25, -0.2) is 0 Å². The second-order valence-corrected chi connectivity index (χ2v) is 5.25. The van der Waals surface area contributed by atoms with E-state index in [0.717, 1.165) is 5.56 Å². The first-order valence-electron chi connectivity index (χ1n) is 6.13. The van der Waals surface area contributed by atoms with E-state index in [0.29, 0.717) is 27.0 Å². The summed E-state index contributed by atoms with van der Waals surface area (Å²) in [5, 5.41) is 9.60. The minimum Gasteiger partial charge on any atom is -0.487 e. The van der Waals surface area contributed by atoms with Crippen LogP contribution in [0.1, 0.15) is 11.1 Å². The number of carboxylic acid groups (broad SMARTS) is 1. The average molecular weight is 326 g/mol. The smallest absolute Gasteiger partial charge is 0.307 e. The number of halogens is 2. The van der Waals surface area contributed by atoms with E-state index in [-0.39, 0.29) is 13.0 Å². The van der Waals surface area contributed by atoms with Crippen molar-refractivity contribution >= 4 is 34.9 Å². The average Bonchev–Trinajstić information content (AvgIpc) is 2.42. The zero-order valence-electron chi connectivity index (χ0n) is 11.0. The Balaban J connectivity index is 2.17. The maximum absolute atomic E-state index is 10.8. The first-order valence-corrected chi connectivity index (χ1v) is 6.89. The lowest BCUT2D eigenvalue weighted by Gasteiger charge is -2.12. The number of rotatable bonds is 5. The molecule has 0 saturated carbocycles. The Hall–Kier alpha value is -1.91. The number of hydrogen-bond donors (Lipinski definition) is 2. The lowest BCUT2D eigenvalue weighted by atomic mass is 10.1. The van der Waals surface area contributed by atoms with Crippen molar-refractivity contribution in [2.45, 2.75) is 13.0 Å². The fraction of sp³-hybridized carbons (Fsp3) is 0.133. The van der Waals surface area contributed by atoms with Crippen LogP contribution in [0.4, 0.5) is 5.69 Å². The molecule has 3 N–H and O–H groups in total. The van der Waals surface area contributed by atoms with E-state index in [2.05, 4.69) is 0 Å². The van der Waals surface area contributed by atoms with E-state index in [1.54, 1.807) is 18.2 Å². The number of anilines is 1. The monoisotopic (exact) mass is 325 g/mol. The zero-order valence-corrected chi connectivity index (χ0v) is 12.5. The molecule has 0 radical (unpaired) electrons. The minimum absolute atomic E-state index is 0.0591. The van der Waals surface area contributed by atoms with E-state index < -0.39 is 5.97 Å². The van der Waals surface area contributed by atoms with Crippen molar-refractivity contribution in [2.75, 3.05) is 5.73 Å². The van der Waals surface area contributed by atoms with Crippen LogP contribution in [0.2, 0.25) is 10.0 Å². The molecule has 0 bridgehead atoms. The number of ether oxygens (including phenoxy) is 1. The van der Waals surface area contributed by atoms with Gasteiger partial charge in [-0.3, -0.25) is 4.79 Å². The first kappa shape index (κ1) is 15.5. The highest BCUT2D eigenvalue weighted by molar-refractivity contribution is 6.42. The second kappa shape index (κ2) is 6.70. The number of hydrogen-bond acceptors (Lipinski definition) is 3. The number of aliphatic carboxylic acids is 1. The third-order valence-electron chi connectivity index (χ3n) is 2.90. The van der Waals surface area contributed by atoms with Gasteiger partial charge in [-0.2, -0.15) is 0 Å². The molecule has 6 heteroatoms. The van der Waals surface area contributed by atoms with Gasteiger partial charge in [-0.15, -0.1) is 0 Å². The lowest BCUT2D eigenvalue weighted by molar-refractivity contribution is -0.136. The molecule has 21 heavy (non-hydrogen) atoms. The third-order valence-corrected chi connectivity index (χ3v) is 3.62. The van der Waals surface area contributed by atoms with E-state index in [9.17, 15) is 4.79 Å². The molecule has 0 aromatic heterocycles. The molecule has 0 heterocycles. The van der Waals surface area contributed by atoms with Crippen molar-refractivity contribution in [1.82, 2.24) is 0 Å². The molecule has 0 atom stereocenters. The predicted octanol–water partition coefficient (Wildman–Crippen LogP) is 3.78. The van der Waals surface area contributed by atoms with Crippen LogP contribution in [0.25, 0.3) is 0 Å². The van der Waals surface area contributed by atoms with Crippen LogP contribution in [0, 0.1) is 0 Å². The van der Waals surface area contributed by atoms with Gasteiger partial charge in [0.2, 0.25) is 0 Å². The summed E-state index contributed by atoms with van der Waals surface area (Å²) >= 11 is 11.8. The van der Waals surface area contributed by atoms with Crippen LogP contribution in [-0.2, 0) is 17.8 Å². The van der Waals surface area contributed by atoms with Gasteiger partial charge in [-0.1, -0.05) is 47.5 Å². The molecule has 0 unspecified atom stereocenters. The van der Waals surface area contributed by atoms with Crippen molar-refractivity contribution in [3.63, 3.8) is 0 Å². The summed E-state index contributed by atoms with van der Waals surface area (Å²) in [4.78, 5) is 10.8. The standard InChI is InChI=1S/C15H13Cl2NO3/c16-11-6-13(18)14(7-12(11)17)21-8-10-4-2-1-3-9(10)5-15(19)20/h1-4,6-7H,5,8,18H2,(H,19,20). The van der Waals surface area contributed by atoms with Gasteiger partial charge in [0.25, 0.3) is 0 Å². The van der Waals surface area contributed by atoms with Gasteiger partial charge in [0, 0.05) is 6.07 Å². The van der Waals surface area contributed by atoms with Crippen molar-refractivity contribution < 1.29 is 14.6 Å². The van der Waals surface area contributed by atoms with E-state index in [1.165, 1.54) is 6.07 Å². The van der Waals surface area contributed by atoms with Crippen LogP contribution >= 0.6 is 23.2 Å². The quantitative estimate of drug-likeness (QED) is 0.820. The highest BCUT2D eigenvalue weighted by Gasteiger charge is 2.09. The topological polar surface area (TPSA) is 72.5 Å². The molecule has 0 fully saturated rings. The molecular formula is C15H13Cl2NO3. The Morgan fingerprint density at radius 3 is 2.43 bits per heavy atom. The van der Waals surface area contributed by atoms with Crippen LogP contribution < -0.4 is 10.5 Å². The number of nitrogens with two attached hydrogens (primary N) is 1.